The Bertz CT molecular complexity index is 495. The molecule has 1 aromatic rings. The summed E-state index contributed by atoms with van der Waals surface area (Å²) in [7, 11) is 0. The van der Waals surface area contributed by atoms with E-state index in [0.29, 0.717) is 18.0 Å². The number of nitrogens with zero attached hydrogens (tertiary/aromatic N) is 2. The molecule has 0 amide bonds. The van der Waals surface area contributed by atoms with Crippen LogP contribution < -0.4 is 0 Å². The van der Waals surface area contributed by atoms with Crippen molar-refractivity contribution >= 4 is 5.69 Å². The van der Waals surface area contributed by atoms with Crippen LogP contribution in [0.15, 0.2) is 18.2 Å². The molecule has 5 nitrogen and oxygen atoms in total. The second-order valence-electron chi connectivity index (χ2n) is 5.37. The van der Waals surface area contributed by atoms with E-state index in [1.54, 1.807) is 0 Å². The van der Waals surface area contributed by atoms with Crippen LogP contribution in [0.2, 0.25) is 0 Å². The number of nitro groups is 1. The number of nitro benzene ring substituents is 1. The zero-order valence-electron chi connectivity index (χ0n) is 11.5. The standard InChI is InChI=1S/C14H19FN2O3/c1-10-3-2-6-16(14(10)9-18)8-11-4-5-12(17(19)20)7-13(11)15/h4-5,7,10,14,18H,2-3,6,8-9H2,1H3. The predicted molar refractivity (Wildman–Crippen MR) is 72.7 cm³/mol. The van der Waals surface area contributed by atoms with Crippen LogP contribution in [0, 0.1) is 21.8 Å². The number of benzene rings is 1. The average Bonchev–Trinajstić information content (AvgIpc) is 2.41. The summed E-state index contributed by atoms with van der Waals surface area (Å²) in [4.78, 5) is 12.0. The second kappa shape index (κ2) is 6.28. The summed E-state index contributed by atoms with van der Waals surface area (Å²) in [6, 6.07) is 3.76. The number of halogens is 1. The Morgan fingerprint density at radius 2 is 2.30 bits per heavy atom. The van der Waals surface area contributed by atoms with Crippen molar-refractivity contribution in [1.82, 2.24) is 4.90 Å². The molecule has 1 N–H and O–H groups in total. The van der Waals surface area contributed by atoms with Gasteiger partial charge in [-0.05, 0) is 31.4 Å². The van der Waals surface area contributed by atoms with E-state index in [2.05, 4.69) is 11.8 Å². The maximum Gasteiger partial charge on any atom is 0.272 e. The van der Waals surface area contributed by atoms with Crippen LogP contribution in [-0.4, -0.2) is 34.1 Å². The zero-order chi connectivity index (χ0) is 14.7. The lowest BCUT2D eigenvalue weighted by atomic mass is 9.91. The Morgan fingerprint density at radius 1 is 1.55 bits per heavy atom. The smallest absolute Gasteiger partial charge is 0.272 e. The Kier molecular flexibility index (Phi) is 4.67. The quantitative estimate of drug-likeness (QED) is 0.680. The summed E-state index contributed by atoms with van der Waals surface area (Å²) in [5.74, 6) is -0.191. The van der Waals surface area contributed by atoms with Crippen molar-refractivity contribution in [2.75, 3.05) is 13.2 Å². The van der Waals surface area contributed by atoms with Crippen LogP contribution in [0.1, 0.15) is 25.3 Å². The largest absolute Gasteiger partial charge is 0.395 e. The van der Waals surface area contributed by atoms with Crippen LogP contribution in [-0.2, 0) is 6.54 Å². The molecule has 0 bridgehead atoms. The van der Waals surface area contributed by atoms with Gasteiger partial charge in [-0.3, -0.25) is 15.0 Å². The van der Waals surface area contributed by atoms with Crippen LogP contribution in [0.3, 0.4) is 0 Å². The van der Waals surface area contributed by atoms with Gasteiger partial charge in [0.05, 0.1) is 17.6 Å². The van der Waals surface area contributed by atoms with Gasteiger partial charge in [-0.2, -0.15) is 0 Å². The van der Waals surface area contributed by atoms with E-state index in [1.165, 1.54) is 12.1 Å². The van der Waals surface area contributed by atoms with Gasteiger partial charge in [0.2, 0.25) is 0 Å². The molecule has 0 spiro atoms. The minimum atomic E-state index is -0.605. The second-order valence-corrected chi connectivity index (χ2v) is 5.37. The first-order chi connectivity index (χ1) is 9.52. The van der Waals surface area contributed by atoms with Crippen LogP contribution in [0.5, 0.6) is 0 Å². The molecule has 6 heteroatoms. The lowest BCUT2D eigenvalue weighted by Gasteiger charge is -2.39. The van der Waals surface area contributed by atoms with Crippen molar-refractivity contribution < 1.29 is 14.4 Å². The lowest BCUT2D eigenvalue weighted by molar-refractivity contribution is -0.385. The summed E-state index contributed by atoms with van der Waals surface area (Å²) < 4.78 is 13.9. The van der Waals surface area contributed by atoms with Crippen molar-refractivity contribution in [2.24, 2.45) is 5.92 Å². The van der Waals surface area contributed by atoms with E-state index in [-0.39, 0.29) is 18.3 Å². The lowest BCUT2D eigenvalue weighted by Crippen LogP contribution is -2.46. The third-order valence-corrected chi connectivity index (χ3v) is 4.04. The summed E-state index contributed by atoms with van der Waals surface area (Å²) >= 11 is 0. The summed E-state index contributed by atoms with van der Waals surface area (Å²) in [6.07, 6.45) is 2.08. The van der Waals surface area contributed by atoms with Gasteiger partial charge in [-0.1, -0.05) is 6.92 Å². The van der Waals surface area contributed by atoms with Crippen LogP contribution >= 0.6 is 0 Å². The normalized spacial score (nSPS) is 23.8. The molecule has 2 rings (SSSR count). The highest BCUT2D eigenvalue weighted by Gasteiger charge is 2.28. The summed E-state index contributed by atoms with van der Waals surface area (Å²) in [5.41, 5.74) is 0.195. The molecule has 1 fully saturated rings. The first kappa shape index (κ1) is 14.9. The van der Waals surface area contributed by atoms with E-state index in [0.717, 1.165) is 25.5 Å². The van der Waals surface area contributed by atoms with Gasteiger partial charge < -0.3 is 5.11 Å². The minimum absolute atomic E-state index is 0.0262. The molecule has 2 atom stereocenters. The van der Waals surface area contributed by atoms with Crippen molar-refractivity contribution in [3.05, 3.63) is 39.7 Å². The van der Waals surface area contributed by atoms with Gasteiger partial charge in [-0.15, -0.1) is 0 Å². The van der Waals surface area contributed by atoms with E-state index < -0.39 is 10.7 Å². The number of piperidine rings is 1. The highest BCUT2D eigenvalue weighted by molar-refractivity contribution is 5.34. The highest BCUT2D eigenvalue weighted by atomic mass is 19.1. The number of hydrogen-bond donors (Lipinski definition) is 1. The van der Waals surface area contributed by atoms with Crippen LogP contribution in [0.25, 0.3) is 0 Å². The first-order valence-electron chi connectivity index (χ1n) is 6.80. The Labute approximate surface area is 117 Å². The molecular formula is C14H19FN2O3. The minimum Gasteiger partial charge on any atom is -0.395 e. The van der Waals surface area contributed by atoms with Gasteiger partial charge in [0.1, 0.15) is 5.82 Å². The van der Waals surface area contributed by atoms with E-state index in [4.69, 9.17) is 0 Å². The fourth-order valence-corrected chi connectivity index (χ4v) is 2.82. The van der Waals surface area contributed by atoms with Crippen molar-refractivity contribution in [3.8, 4) is 0 Å². The van der Waals surface area contributed by atoms with Crippen molar-refractivity contribution in [3.63, 3.8) is 0 Å². The van der Waals surface area contributed by atoms with E-state index in [1.807, 2.05) is 0 Å². The monoisotopic (exact) mass is 282 g/mol. The highest BCUT2D eigenvalue weighted by Crippen LogP contribution is 2.26. The molecule has 0 aromatic heterocycles. The number of hydrogen-bond acceptors (Lipinski definition) is 4. The third kappa shape index (κ3) is 3.13. The maximum absolute atomic E-state index is 13.9. The molecule has 0 aliphatic carbocycles. The molecule has 20 heavy (non-hydrogen) atoms. The number of aliphatic hydroxyl groups is 1. The molecule has 0 saturated carbocycles. The van der Waals surface area contributed by atoms with Gasteiger partial charge in [-0.25, -0.2) is 4.39 Å². The van der Waals surface area contributed by atoms with Gasteiger partial charge >= 0.3 is 0 Å². The maximum atomic E-state index is 13.9. The molecule has 1 aliphatic rings. The van der Waals surface area contributed by atoms with Crippen molar-refractivity contribution in [2.45, 2.75) is 32.4 Å². The molecule has 0 radical (unpaired) electrons. The zero-order valence-corrected chi connectivity index (χ0v) is 11.5. The van der Waals surface area contributed by atoms with Gasteiger partial charge in [0.25, 0.3) is 5.69 Å². The topological polar surface area (TPSA) is 66.6 Å². The average molecular weight is 282 g/mol. The Hall–Kier alpha value is -1.53. The van der Waals surface area contributed by atoms with E-state index in [9.17, 15) is 19.6 Å². The van der Waals surface area contributed by atoms with Crippen LogP contribution in [0.4, 0.5) is 10.1 Å². The summed E-state index contributed by atoms with van der Waals surface area (Å²) in [5, 5.41) is 20.1. The molecule has 1 aliphatic heterocycles. The van der Waals surface area contributed by atoms with Crippen molar-refractivity contribution in [1.29, 1.82) is 0 Å². The predicted octanol–water partition coefficient (Wildman–Crippen LogP) is 2.33. The number of non-ortho nitro benzene ring substituents is 1. The summed E-state index contributed by atoms with van der Waals surface area (Å²) in [6.45, 7) is 3.32. The Morgan fingerprint density at radius 3 is 2.90 bits per heavy atom. The SMILES string of the molecule is CC1CCCN(Cc2ccc([N+](=O)[O-])cc2F)C1CO. The van der Waals surface area contributed by atoms with Gasteiger partial charge in [0, 0.05) is 24.2 Å². The molecule has 110 valence electrons. The number of rotatable bonds is 4. The fraction of sp³-hybridized carbons (Fsp3) is 0.571. The third-order valence-electron chi connectivity index (χ3n) is 4.04. The molecule has 1 saturated heterocycles. The Balaban J connectivity index is 2.14. The molecular weight excluding hydrogens is 263 g/mol. The molecule has 1 heterocycles. The number of aliphatic hydroxyl groups excluding tert-OH is 1. The van der Waals surface area contributed by atoms with E-state index >= 15 is 0 Å². The molecule has 2 unspecified atom stereocenters. The number of likely N-dealkylation sites (tertiary alicyclic amines) is 1. The molecule has 1 aromatic carbocycles. The van der Waals surface area contributed by atoms with Gasteiger partial charge in [0.15, 0.2) is 0 Å². The first-order valence-corrected chi connectivity index (χ1v) is 6.80. The fourth-order valence-electron chi connectivity index (χ4n) is 2.82.